The van der Waals surface area contributed by atoms with E-state index in [-0.39, 0.29) is 25.7 Å². The summed E-state index contributed by atoms with van der Waals surface area (Å²) in [5.41, 5.74) is 0.882. The van der Waals surface area contributed by atoms with E-state index in [1.54, 1.807) is 0 Å². The molecule has 1 aromatic rings. The Bertz CT molecular complexity index is 790. The maximum atomic E-state index is 11.9. The van der Waals surface area contributed by atoms with Crippen LogP contribution in [0.3, 0.4) is 0 Å². The van der Waals surface area contributed by atoms with E-state index in [2.05, 4.69) is 11.2 Å². The van der Waals surface area contributed by atoms with E-state index in [0.717, 1.165) is 5.56 Å². The van der Waals surface area contributed by atoms with Crippen molar-refractivity contribution in [1.29, 1.82) is 0 Å². The largest absolute Gasteiger partial charge is 0.463 e. The maximum Gasteiger partial charge on any atom is 0.303 e. The molecule has 0 aromatic heterocycles. The monoisotopic (exact) mass is 433 g/mol. The van der Waals surface area contributed by atoms with E-state index >= 15 is 0 Å². The van der Waals surface area contributed by atoms with Gasteiger partial charge in [-0.25, -0.2) is 0 Å². The first kappa shape index (κ1) is 24.3. The van der Waals surface area contributed by atoms with Crippen molar-refractivity contribution in [1.82, 2.24) is 5.32 Å². The Morgan fingerprint density at radius 3 is 2.35 bits per heavy atom. The summed E-state index contributed by atoms with van der Waals surface area (Å²) in [5.74, 6) is 0.867. The molecule has 0 radical (unpaired) electrons. The fourth-order valence-corrected chi connectivity index (χ4v) is 3.20. The molecule has 0 bridgehead atoms. The minimum absolute atomic E-state index is 0.107. The minimum Gasteiger partial charge on any atom is -0.463 e. The molecular formula is C22H27NO8. The van der Waals surface area contributed by atoms with Crippen LogP contribution >= 0.6 is 0 Å². The van der Waals surface area contributed by atoms with Crippen molar-refractivity contribution in [3.8, 4) is 12.3 Å². The normalized spacial score (nSPS) is 25.2. The average molecular weight is 433 g/mol. The molecule has 1 amide bonds. The van der Waals surface area contributed by atoms with Gasteiger partial charge in [0.05, 0.1) is 6.61 Å². The highest BCUT2D eigenvalue weighted by molar-refractivity contribution is 5.73. The molecule has 0 saturated carbocycles. The second kappa shape index (κ2) is 12.1. The van der Waals surface area contributed by atoms with Crippen LogP contribution in [0.1, 0.15) is 26.3 Å². The van der Waals surface area contributed by atoms with Crippen molar-refractivity contribution in [3.05, 3.63) is 35.9 Å². The van der Waals surface area contributed by atoms with Gasteiger partial charge in [0.2, 0.25) is 5.91 Å². The van der Waals surface area contributed by atoms with Gasteiger partial charge in [0.25, 0.3) is 0 Å². The summed E-state index contributed by atoms with van der Waals surface area (Å²) in [5, 5.41) is 2.73. The Kier molecular flexibility index (Phi) is 9.46. The summed E-state index contributed by atoms with van der Waals surface area (Å²) in [7, 11) is 0. The van der Waals surface area contributed by atoms with Crippen molar-refractivity contribution in [3.63, 3.8) is 0 Å². The Hall–Kier alpha value is -2.93. The zero-order valence-corrected chi connectivity index (χ0v) is 17.7. The van der Waals surface area contributed by atoms with Gasteiger partial charge in [-0.3, -0.25) is 14.4 Å². The third-order valence-corrected chi connectivity index (χ3v) is 4.39. The maximum absolute atomic E-state index is 11.9. The van der Waals surface area contributed by atoms with E-state index in [0.29, 0.717) is 0 Å². The van der Waals surface area contributed by atoms with E-state index in [9.17, 15) is 14.4 Å². The SMILES string of the molecule is C#CCO[C@@H]1[C@@H](NC(C)=O)[C@H](OCc2ccccc2)O[C@H](COC(C)=O)[C@@H]1OC(C)=O. The van der Waals surface area contributed by atoms with Gasteiger partial charge in [-0.05, 0) is 5.56 Å². The average Bonchev–Trinajstić information content (AvgIpc) is 2.71. The highest BCUT2D eigenvalue weighted by Crippen LogP contribution is 2.28. The third kappa shape index (κ3) is 7.68. The highest BCUT2D eigenvalue weighted by atomic mass is 16.7. The molecule has 168 valence electrons. The van der Waals surface area contributed by atoms with Crippen LogP contribution in [0.15, 0.2) is 30.3 Å². The second-order valence-corrected chi connectivity index (χ2v) is 6.92. The van der Waals surface area contributed by atoms with E-state index in [4.69, 9.17) is 30.1 Å². The Labute approximate surface area is 181 Å². The van der Waals surface area contributed by atoms with Gasteiger partial charge >= 0.3 is 11.9 Å². The zero-order valence-electron chi connectivity index (χ0n) is 17.7. The van der Waals surface area contributed by atoms with Crippen LogP contribution in [0.2, 0.25) is 0 Å². The number of amides is 1. The standard InChI is InChI=1S/C22H27NO8/c1-5-11-27-21-19(23-14(2)24)22(29-12-17-9-7-6-8-10-17)31-18(13-28-15(3)25)20(21)30-16(4)26/h1,6-10,18-22H,11-13H2,2-4H3,(H,23,24)/t18-,19-,20+,21-,22-/m1/s1. The summed E-state index contributed by atoms with van der Waals surface area (Å²) >= 11 is 0. The van der Waals surface area contributed by atoms with Gasteiger partial charge in [0, 0.05) is 20.8 Å². The Morgan fingerprint density at radius 1 is 1.06 bits per heavy atom. The lowest BCUT2D eigenvalue weighted by Crippen LogP contribution is -2.66. The molecule has 9 heteroatoms. The van der Waals surface area contributed by atoms with Gasteiger partial charge in [0.1, 0.15) is 31.5 Å². The Balaban J connectivity index is 2.32. The van der Waals surface area contributed by atoms with Crippen LogP contribution in [0.25, 0.3) is 0 Å². The van der Waals surface area contributed by atoms with Crippen LogP contribution in [-0.2, 0) is 44.7 Å². The van der Waals surface area contributed by atoms with Gasteiger partial charge in [-0.2, -0.15) is 0 Å². The van der Waals surface area contributed by atoms with E-state index < -0.39 is 42.6 Å². The summed E-state index contributed by atoms with van der Waals surface area (Å²) in [6.45, 7) is 3.68. The minimum atomic E-state index is -1.00. The van der Waals surface area contributed by atoms with Crippen LogP contribution in [0.5, 0.6) is 0 Å². The molecule has 1 aliphatic heterocycles. The molecule has 31 heavy (non-hydrogen) atoms. The van der Waals surface area contributed by atoms with Gasteiger partial charge in [-0.15, -0.1) is 6.42 Å². The number of esters is 2. The first-order valence-electron chi connectivity index (χ1n) is 9.75. The molecule has 9 nitrogen and oxygen atoms in total. The molecule has 1 N–H and O–H groups in total. The van der Waals surface area contributed by atoms with Crippen molar-refractivity contribution in [2.75, 3.05) is 13.2 Å². The number of rotatable bonds is 9. The first-order valence-corrected chi connectivity index (χ1v) is 9.75. The number of benzene rings is 1. The van der Waals surface area contributed by atoms with Gasteiger partial charge < -0.3 is 29.0 Å². The van der Waals surface area contributed by atoms with Crippen molar-refractivity contribution in [2.24, 2.45) is 0 Å². The third-order valence-electron chi connectivity index (χ3n) is 4.39. The lowest BCUT2D eigenvalue weighted by molar-refractivity contribution is -0.282. The molecule has 1 fully saturated rings. The molecule has 1 saturated heterocycles. The molecular weight excluding hydrogens is 406 g/mol. The number of ether oxygens (including phenoxy) is 5. The van der Waals surface area contributed by atoms with E-state index in [1.165, 1.54) is 20.8 Å². The number of hydrogen-bond donors (Lipinski definition) is 1. The molecule has 1 heterocycles. The number of carbonyl (C=O) groups excluding carboxylic acids is 3. The summed E-state index contributed by atoms with van der Waals surface area (Å²) in [6.07, 6.45) is 1.55. The molecule has 5 atom stereocenters. The lowest BCUT2D eigenvalue weighted by atomic mass is 9.96. The number of terminal acetylenes is 1. The topological polar surface area (TPSA) is 109 Å². The zero-order chi connectivity index (χ0) is 22.8. The fraction of sp³-hybridized carbons (Fsp3) is 0.500. The predicted molar refractivity (Wildman–Crippen MR) is 108 cm³/mol. The van der Waals surface area contributed by atoms with Crippen LogP contribution in [0, 0.1) is 12.3 Å². The summed E-state index contributed by atoms with van der Waals surface area (Å²) in [4.78, 5) is 35.0. The lowest BCUT2D eigenvalue weighted by Gasteiger charge is -2.45. The number of hydrogen-bond acceptors (Lipinski definition) is 8. The fourth-order valence-electron chi connectivity index (χ4n) is 3.20. The van der Waals surface area contributed by atoms with Crippen LogP contribution < -0.4 is 5.32 Å². The van der Waals surface area contributed by atoms with Crippen molar-refractivity contribution < 1.29 is 38.1 Å². The Morgan fingerprint density at radius 2 is 1.77 bits per heavy atom. The van der Waals surface area contributed by atoms with Crippen molar-refractivity contribution >= 4 is 17.8 Å². The summed E-state index contributed by atoms with van der Waals surface area (Å²) < 4.78 is 28.1. The molecule has 0 aliphatic carbocycles. The van der Waals surface area contributed by atoms with Crippen LogP contribution in [-0.4, -0.2) is 61.7 Å². The van der Waals surface area contributed by atoms with Gasteiger partial charge in [-0.1, -0.05) is 36.3 Å². The van der Waals surface area contributed by atoms with Crippen molar-refractivity contribution in [2.45, 2.75) is 58.0 Å². The molecule has 1 aromatic carbocycles. The van der Waals surface area contributed by atoms with E-state index in [1.807, 2.05) is 30.3 Å². The second-order valence-electron chi connectivity index (χ2n) is 6.92. The number of nitrogens with one attached hydrogen (secondary N) is 1. The molecule has 2 rings (SSSR count). The number of carbonyl (C=O) groups is 3. The van der Waals surface area contributed by atoms with Crippen LogP contribution in [0.4, 0.5) is 0 Å². The predicted octanol–water partition coefficient (Wildman–Crippen LogP) is 0.946. The smallest absolute Gasteiger partial charge is 0.303 e. The highest BCUT2D eigenvalue weighted by Gasteiger charge is 2.50. The quantitative estimate of drug-likeness (QED) is 0.453. The molecule has 1 aliphatic rings. The summed E-state index contributed by atoms with van der Waals surface area (Å²) in [6, 6.07) is 8.52. The molecule has 0 spiro atoms. The first-order chi connectivity index (χ1) is 14.8. The van der Waals surface area contributed by atoms with Gasteiger partial charge in [0.15, 0.2) is 12.4 Å². The molecule has 0 unspecified atom stereocenters.